The Morgan fingerprint density at radius 3 is 2.71 bits per heavy atom. The highest BCUT2D eigenvalue weighted by Crippen LogP contribution is 2.28. The molecule has 0 aliphatic carbocycles. The van der Waals surface area contributed by atoms with Crippen molar-refractivity contribution in [2.75, 3.05) is 6.61 Å². The monoisotopic (exact) mass is 300 g/mol. The number of unbranched alkanes of at least 4 members (excludes halogenated alkanes) is 3. The molecule has 0 saturated carbocycles. The first-order valence-corrected chi connectivity index (χ1v) is 7.04. The summed E-state index contributed by atoms with van der Waals surface area (Å²) in [5.41, 5.74) is 0.851. The summed E-state index contributed by atoms with van der Waals surface area (Å²) in [7, 11) is 0. The SMILES string of the molecule is CCCCCCOc1cc(Br)ccc1[C@@H](C)O. The fourth-order valence-electron chi connectivity index (χ4n) is 1.69. The molecule has 0 heterocycles. The molecule has 1 atom stereocenters. The molecule has 17 heavy (non-hydrogen) atoms. The van der Waals surface area contributed by atoms with Crippen molar-refractivity contribution in [3.8, 4) is 5.75 Å². The standard InChI is InChI=1S/C14H21BrO2/c1-3-4-5-6-9-17-14-10-12(15)7-8-13(14)11(2)16/h7-8,10-11,16H,3-6,9H2,1-2H3/t11-/m1/s1. The van der Waals surface area contributed by atoms with Gasteiger partial charge in [-0.05, 0) is 25.5 Å². The quantitative estimate of drug-likeness (QED) is 0.753. The summed E-state index contributed by atoms with van der Waals surface area (Å²) < 4.78 is 6.71. The Balaban J connectivity index is 2.53. The second-order valence-electron chi connectivity index (χ2n) is 4.27. The lowest BCUT2D eigenvalue weighted by molar-refractivity contribution is 0.190. The smallest absolute Gasteiger partial charge is 0.126 e. The van der Waals surface area contributed by atoms with E-state index in [0.29, 0.717) is 0 Å². The first kappa shape index (κ1) is 14.5. The molecular formula is C14H21BrO2. The van der Waals surface area contributed by atoms with Gasteiger partial charge in [0.2, 0.25) is 0 Å². The zero-order valence-electron chi connectivity index (χ0n) is 10.6. The van der Waals surface area contributed by atoms with Crippen molar-refractivity contribution >= 4 is 15.9 Å². The van der Waals surface area contributed by atoms with Gasteiger partial charge in [0.05, 0.1) is 12.7 Å². The maximum Gasteiger partial charge on any atom is 0.126 e. The van der Waals surface area contributed by atoms with Crippen LogP contribution < -0.4 is 4.74 Å². The van der Waals surface area contributed by atoms with Crippen LogP contribution in [0.4, 0.5) is 0 Å². The molecule has 0 bridgehead atoms. The van der Waals surface area contributed by atoms with Crippen LogP contribution in [0.1, 0.15) is 51.2 Å². The van der Waals surface area contributed by atoms with E-state index in [1.165, 1.54) is 19.3 Å². The normalized spacial score (nSPS) is 12.5. The molecule has 0 fully saturated rings. The van der Waals surface area contributed by atoms with Gasteiger partial charge in [-0.25, -0.2) is 0 Å². The number of rotatable bonds is 7. The molecule has 0 aliphatic rings. The van der Waals surface area contributed by atoms with Crippen molar-refractivity contribution in [1.29, 1.82) is 0 Å². The Hall–Kier alpha value is -0.540. The highest BCUT2D eigenvalue weighted by atomic mass is 79.9. The summed E-state index contributed by atoms with van der Waals surface area (Å²) >= 11 is 3.42. The highest BCUT2D eigenvalue weighted by molar-refractivity contribution is 9.10. The average Bonchev–Trinajstić information content (AvgIpc) is 2.28. The molecule has 0 saturated heterocycles. The molecule has 1 rings (SSSR count). The Kier molecular flexibility index (Phi) is 6.60. The Bertz CT molecular complexity index is 337. The summed E-state index contributed by atoms with van der Waals surface area (Å²) in [6.45, 7) is 4.67. The van der Waals surface area contributed by atoms with Crippen molar-refractivity contribution in [3.05, 3.63) is 28.2 Å². The van der Waals surface area contributed by atoms with Gasteiger partial charge >= 0.3 is 0 Å². The minimum absolute atomic E-state index is 0.492. The predicted molar refractivity (Wildman–Crippen MR) is 74.4 cm³/mol. The fraction of sp³-hybridized carbons (Fsp3) is 0.571. The lowest BCUT2D eigenvalue weighted by Crippen LogP contribution is -2.02. The van der Waals surface area contributed by atoms with Crippen molar-refractivity contribution in [1.82, 2.24) is 0 Å². The number of benzene rings is 1. The summed E-state index contributed by atoms with van der Waals surface area (Å²) in [5.74, 6) is 0.783. The first-order chi connectivity index (χ1) is 8.15. The second kappa shape index (κ2) is 7.72. The van der Waals surface area contributed by atoms with Crippen molar-refractivity contribution < 1.29 is 9.84 Å². The third kappa shape index (κ3) is 5.09. The second-order valence-corrected chi connectivity index (χ2v) is 5.18. The number of ether oxygens (including phenoxy) is 1. The van der Waals surface area contributed by atoms with Crippen LogP contribution in [0.25, 0.3) is 0 Å². The Morgan fingerprint density at radius 2 is 2.06 bits per heavy atom. The largest absolute Gasteiger partial charge is 0.493 e. The minimum atomic E-state index is -0.492. The third-order valence-electron chi connectivity index (χ3n) is 2.68. The molecular weight excluding hydrogens is 280 g/mol. The molecule has 1 aromatic carbocycles. The van der Waals surface area contributed by atoms with Crippen molar-refractivity contribution in [2.45, 2.75) is 45.6 Å². The number of aliphatic hydroxyl groups excluding tert-OH is 1. The van der Waals surface area contributed by atoms with Crippen LogP contribution in [-0.2, 0) is 0 Å². The molecule has 1 N–H and O–H groups in total. The number of hydrogen-bond donors (Lipinski definition) is 1. The van der Waals surface area contributed by atoms with Gasteiger partial charge < -0.3 is 9.84 Å². The average molecular weight is 301 g/mol. The molecule has 1 aromatic rings. The molecule has 0 aliphatic heterocycles. The number of hydrogen-bond acceptors (Lipinski definition) is 2. The lowest BCUT2D eigenvalue weighted by Gasteiger charge is -2.13. The molecule has 2 nitrogen and oxygen atoms in total. The molecule has 0 spiro atoms. The van der Waals surface area contributed by atoms with E-state index in [4.69, 9.17) is 4.74 Å². The number of aliphatic hydroxyl groups is 1. The van der Waals surface area contributed by atoms with Crippen molar-refractivity contribution in [2.24, 2.45) is 0 Å². The van der Waals surface area contributed by atoms with Gasteiger partial charge in [-0.1, -0.05) is 48.2 Å². The topological polar surface area (TPSA) is 29.5 Å². The van der Waals surface area contributed by atoms with E-state index in [1.807, 2.05) is 18.2 Å². The van der Waals surface area contributed by atoms with Gasteiger partial charge in [0, 0.05) is 10.0 Å². The Morgan fingerprint density at radius 1 is 1.29 bits per heavy atom. The highest BCUT2D eigenvalue weighted by Gasteiger charge is 2.09. The van der Waals surface area contributed by atoms with Crippen LogP contribution in [0.15, 0.2) is 22.7 Å². The van der Waals surface area contributed by atoms with E-state index in [-0.39, 0.29) is 0 Å². The van der Waals surface area contributed by atoms with Crippen LogP contribution in [0.5, 0.6) is 5.75 Å². The zero-order chi connectivity index (χ0) is 12.7. The molecule has 0 radical (unpaired) electrons. The Labute approximate surface area is 112 Å². The first-order valence-electron chi connectivity index (χ1n) is 6.25. The van der Waals surface area contributed by atoms with E-state index < -0.39 is 6.10 Å². The van der Waals surface area contributed by atoms with Crippen LogP contribution in [-0.4, -0.2) is 11.7 Å². The molecule has 0 unspecified atom stereocenters. The van der Waals surface area contributed by atoms with Gasteiger partial charge in [0.25, 0.3) is 0 Å². The van der Waals surface area contributed by atoms with Crippen LogP contribution in [0.3, 0.4) is 0 Å². The van der Waals surface area contributed by atoms with E-state index in [0.717, 1.165) is 28.8 Å². The summed E-state index contributed by atoms with van der Waals surface area (Å²) in [6, 6.07) is 5.74. The van der Waals surface area contributed by atoms with Gasteiger partial charge in [0.1, 0.15) is 5.75 Å². The third-order valence-corrected chi connectivity index (χ3v) is 3.17. The minimum Gasteiger partial charge on any atom is -0.493 e. The van der Waals surface area contributed by atoms with Gasteiger partial charge in [-0.3, -0.25) is 0 Å². The van der Waals surface area contributed by atoms with Gasteiger partial charge in [-0.2, -0.15) is 0 Å². The summed E-state index contributed by atoms with van der Waals surface area (Å²) in [5, 5.41) is 9.64. The fourth-order valence-corrected chi connectivity index (χ4v) is 2.03. The molecule has 0 aromatic heterocycles. The van der Waals surface area contributed by atoms with E-state index in [9.17, 15) is 5.11 Å². The van der Waals surface area contributed by atoms with Crippen LogP contribution in [0, 0.1) is 0 Å². The van der Waals surface area contributed by atoms with Gasteiger partial charge in [-0.15, -0.1) is 0 Å². The number of halogens is 1. The molecule has 0 amide bonds. The summed E-state index contributed by atoms with van der Waals surface area (Å²) in [4.78, 5) is 0. The van der Waals surface area contributed by atoms with E-state index in [1.54, 1.807) is 6.92 Å². The van der Waals surface area contributed by atoms with Crippen LogP contribution in [0.2, 0.25) is 0 Å². The van der Waals surface area contributed by atoms with E-state index >= 15 is 0 Å². The van der Waals surface area contributed by atoms with Crippen molar-refractivity contribution in [3.63, 3.8) is 0 Å². The summed E-state index contributed by atoms with van der Waals surface area (Å²) in [6.07, 6.45) is 4.27. The van der Waals surface area contributed by atoms with Gasteiger partial charge in [0.15, 0.2) is 0 Å². The predicted octanol–water partition coefficient (Wildman–Crippen LogP) is 4.46. The maximum absolute atomic E-state index is 9.64. The molecule has 96 valence electrons. The zero-order valence-corrected chi connectivity index (χ0v) is 12.2. The molecule has 3 heteroatoms. The van der Waals surface area contributed by atoms with E-state index in [2.05, 4.69) is 22.9 Å². The maximum atomic E-state index is 9.64. The lowest BCUT2D eigenvalue weighted by atomic mass is 10.1. The van der Waals surface area contributed by atoms with Crippen LogP contribution >= 0.6 is 15.9 Å².